The van der Waals surface area contributed by atoms with Gasteiger partial charge in [0.25, 0.3) is 5.56 Å². The van der Waals surface area contributed by atoms with Gasteiger partial charge in [-0.25, -0.2) is 9.67 Å². The Kier molecular flexibility index (Phi) is 4.33. The van der Waals surface area contributed by atoms with Gasteiger partial charge in [0.05, 0.1) is 24.5 Å². The van der Waals surface area contributed by atoms with Crippen molar-refractivity contribution in [2.24, 2.45) is 7.05 Å². The Morgan fingerprint density at radius 2 is 1.88 bits per heavy atom. The van der Waals surface area contributed by atoms with Crippen molar-refractivity contribution in [2.75, 3.05) is 0 Å². The number of aromatic amines is 1. The quantitative estimate of drug-likeness (QED) is 0.423. The van der Waals surface area contributed by atoms with Gasteiger partial charge in [0.2, 0.25) is 5.95 Å². The zero-order valence-electron chi connectivity index (χ0n) is 17.8. The summed E-state index contributed by atoms with van der Waals surface area (Å²) in [6, 6.07) is 16.7. The lowest BCUT2D eigenvalue weighted by Crippen LogP contribution is -2.24. The molecule has 4 heterocycles. The SMILES string of the molecule is Cn1c2cc(Cc3cccc(F)n3)ccc2c2cnn(Cc3cccc4[nH]ncc34)c(=O)c21. The summed E-state index contributed by atoms with van der Waals surface area (Å²) in [5.41, 5.74) is 4.91. The summed E-state index contributed by atoms with van der Waals surface area (Å²) in [5.74, 6) is -0.490. The first-order valence-electron chi connectivity index (χ1n) is 10.6. The van der Waals surface area contributed by atoms with Crippen LogP contribution in [0.15, 0.2) is 71.8 Å². The average molecular weight is 438 g/mol. The molecule has 0 atom stereocenters. The van der Waals surface area contributed by atoms with Gasteiger partial charge in [-0.2, -0.15) is 14.6 Å². The minimum Gasteiger partial charge on any atom is -0.339 e. The van der Waals surface area contributed by atoms with Crippen LogP contribution in [-0.2, 0) is 20.0 Å². The van der Waals surface area contributed by atoms with E-state index in [-0.39, 0.29) is 5.56 Å². The molecular formula is C25H19FN6O. The minimum absolute atomic E-state index is 0.153. The Bertz CT molecular complexity index is 1730. The largest absolute Gasteiger partial charge is 0.339 e. The van der Waals surface area contributed by atoms with Gasteiger partial charge in [-0.1, -0.05) is 30.3 Å². The van der Waals surface area contributed by atoms with Crippen LogP contribution in [-0.4, -0.2) is 29.5 Å². The average Bonchev–Trinajstić information content (AvgIpc) is 3.40. The van der Waals surface area contributed by atoms with Crippen LogP contribution < -0.4 is 5.56 Å². The Hall–Kier alpha value is -4.33. The van der Waals surface area contributed by atoms with Gasteiger partial charge in [0.1, 0.15) is 5.52 Å². The van der Waals surface area contributed by atoms with E-state index in [1.165, 1.54) is 10.7 Å². The van der Waals surface area contributed by atoms with Crippen molar-refractivity contribution in [1.29, 1.82) is 0 Å². The molecule has 7 nitrogen and oxygen atoms in total. The summed E-state index contributed by atoms with van der Waals surface area (Å²) in [7, 11) is 1.89. The molecule has 6 rings (SSSR count). The lowest BCUT2D eigenvalue weighted by molar-refractivity contribution is 0.578. The monoisotopic (exact) mass is 438 g/mol. The summed E-state index contributed by atoms with van der Waals surface area (Å²) in [6.45, 7) is 0.351. The van der Waals surface area contributed by atoms with Crippen LogP contribution in [0.3, 0.4) is 0 Å². The molecule has 0 spiro atoms. The molecule has 0 aliphatic carbocycles. The van der Waals surface area contributed by atoms with E-state index in [1.54, 1.807) is 24.5 Å². The highest BCUT2D eigenvalue weighted by Crippen LogP contribution is 2.27. The van der Waals surface area contributed by atoms with Crippen LogP contribution in [0.5, 0.6) is 0 Å². The van der Waals surface area contributed by atoms with Crippen LogP contribution in [0, 0.1) is 5.95 Å². The number of pyridine rings is 1. The van der Waals surface area contributed by atoms with Gasteiger partial charge in [-0.05, 0) is 35.4 Å². The maximum Gasteiger partial charge on any atom is 0.291 e. The van der Waals surface area contributed by atoms with E-state index in [4.69, 9.17) is 0 Å². The van der Waals surface area contributed by atoms with E-state index < -0.39 is 5.95 Å². The number of aryl methyl sites for hydroxylation is 1. The molecule has 0 bridgehead atoms. The van der Waals surface area contributed by atoms with E-state index in [0.717, 1.165) is 38.3 Å². The number of fused-ring (bicyclic) bond motifs is 4. The third-order valence-electron chi connectivity index (χ3n) is 6.12. The van der Waals surface area contributed by atoms with E-state index in [9.17, 15) is 9.18 Å². The predicted octanol–water partition coefficient (Wildman–Crippen LogP) is 3.94. The smallest absolute Gasteiger partial charge is 0.291 e. The first-order valence-corrected chi connectivity index (χ1v) is 10.6. The molecule has 0 unspecified atom stereocenters. The Morgan fingerprint density at radius 1 is 1.00 bits per heavy atom. The standard InChI is InChI=1S/C25H19FN6O/c1-31-22-11-15(10-17-5-3-7-23(26)29-17)8-9-18(22)20-13-28-32(25(33)24(20)31)14-16-4-2-6-21-19(16)12-27-30-21/h2-9,11-13H,10,14H2,1H3,(H,27,30). The fraction of sp³-hybridized carbons (Fsp3) is 0.120. The number of benzene rings is 2. The van der Waals surface area contributed by atoms with Crippen molar-refractivity contribution >= 4 is 32.7 Å². The maximum atomic E-state index is 13.5. The Morgan fingerprint density at radius 3 is 2.76 bits per heavy atom. The number of nitrogens with one attached hydrogen (secondary N) is 1. The molecule has 0 saturated carbocycles. The zero-order chi connectivity index (χ0) is 22.5. The van der Waals surface area contributed by atoms with Crippen molar-refractivity contribution < 1.29 is 4.39 Å². The Balaban J connectivity index is 1.44. The van der Waals surface area contributed by atoms with Gasteiger partial charge in [-0.3, -0.25) is 9.89 Å². The molecule has 4 aromatic heterocycles. The highest BCUT2D eigenvalue weighted by atomic mass is 19.1. The first kappa shape index (κ1) is 19.4. The normalized spacial score (nSPS) is 11.7. The second-order valence-electron chi connectivity index (χ2n) is 8.16. The molecule has 33 heavy (non-hydrogen) atoms. The molecule has 0 amide bonds. The molecule has 0 radical (unpaired) electrons. The Labute approximate surface area is 187 Å². The number of rotatable bonds is 4. The van der Waals surface area contributed by atoms with E-state index in [1.807, 2.05) is 48.0 Å². The lowest BCUT2D eigenvalue weighted by atomic mass is 10.1. The second-order valence-corrected chi connectivity index (χ2v) is 8.16. The molecule has 0 aliphatic heterocycles. The summed E-state index contributed by atoms with van der Waals surface area (Å²) >= 11 is 0. The highest BCUT2D eigenvalue weighted by Gasteiger charge is 2.15. The third kappa shape index (κ3) is 3.18. The molecule has 0 fully saturated rings. The molecule has 0 saturated heterocycles. The summed E-state index contributed by atoms with van der Waals surface area (Å²) in [6.07, 6.45) is 4.02. The third-order valence-corrected chi connectivity index (χ3v) is 6.12. The van der Waals surface area contributed by atoms with Gasteiger partial charge < -0.3 is 4.57 Å². The van der Waals surface area contributed by atoms with Crippen LogP contribution >= 0.6 is 0 Å². The first-order chi connectivity index (χ1) is 16.1. The molecule has 0 aliphatic rings. The van der Waals surface area contributed by atoms with Crippen LogP contribution in [0.4, 0.5) is 4.39 Å². The van der Waals surface area contributed by atoms with Crippen molar-refractivity contribution in [1.82, 2.24) is 29.5 Å². The van der Waals surface area contributed by atoms with Crippen molar-refractivity contribution in [3.8, 4) is 0 Å². The van der Waals surface area contributed by atoms with Gasteiger partial charge >= 0.3 is 0 Å². The van der Waals surface area contributed by atoms with Gasteiger partial charge in [0.15, 0.2) is 0 Å². The topological polar surface area (TPSA) is 81.4 Å². The van der Waals surface area contributed by atoms with Crippen LogP contribution in [0.1, 0.15) is 16.8 Å². The fourth-order valence-electron chi connectivity index (χ4n) is 4.51. The molecule has 6 aromatic rings. The summed E-state index contributed by atoms with van der Waals surface area (Å²) < 4.78 is 16.9. The number of H-pyrrole nitrogens is 1. The van der Waals surface area contributed by atoms with Gasteiger partial charge in [0, 0.05) is 40.8 Å². The van der Waals surface area contributed by atoms with Crippen molar-refractivity contribution in [3.63, 3.8) is 0 Å². The van der Waals surface area contributed by atoms with Crippen molar-refractivity contribution in [3.05, 3.63) is 100 Å². The lowest BCUT2D eigenvalue weighted by Gasteiger charge is -2.07. The van der Waals surface area contributed by atoms with E-state index >= 15 is 0 Å². The minimum atomic E-state index is -0.490. The molecule has 1 N–H and O–H groups in total. The molecule has 2 aromatic carbocycles. The van der Waals surface area contributed by atoms with Gasteiger partial charge in [-0.15, -0.1) is 0 Å². The van der Waals surface area contributed by atoms with E-state index in [0.29, 0.717) is 24.2 Å². The highest BCUT2D eigenvalue weighted by molar-refractivity contribution is 6.07. The molecule has 8 heteroatoms. The van der Waals surface area contributed by atoms with Crippen LogP contribution in [0.25, 0.3) is 32.7 Å². The van der Waals surface area contributed by atoms with E-state index in [2.05, 4.69) is 20.3 Å². The number of halogens is 1. The second kappa shape index (κ2) is 7.37. The number of hydrogen-bond donors (Lipinski definition) is 1. The fourth-order valence-corrected chi connectivity index (χ4v) is 4.51. The summed E-state index contributed by atoms with van der Waals surface area (Å²) in [5, 5.41) is 14.3. The molecular weight excluding hydrogens is 419 g/mol. The predicted molar refractivity (Wildman–Crippen MR) is 125 cm³/mol. The number of nitrogens with zero attached hydrogens (tertiary/aromatic N) is 5. The van der Waals surface area contributed by atoms with Crippen LogP contribution in [0.2, 0.25) is 0 Å². The van der Waals surface area contributed by atoms with Crippen molar-refractivity contribution in [2.45, 2.75) is 13.0 Å². The molecule has 162 valence electrons. The summed E-state index contributed by atoms with van der Waals surface area (Å²) in [4.78, 5) is 17.4. The zero-order valence-corrected chi connectivity index (χ0v) is 17.8. The maximum absolute atomic E-state index is 13.5. The number of hydrogen-bond acceptors (Lipinski definition) is 4. The number of aromatic nitrogens is 6.